The number of hydrogen-bond acceptors (Lipinski definition) is 5. The number of aliphatic hydroxyl groups is 1. The number of aliphatic hydroxyl groups excluding tert-OH is 1. The van der Waals surface area contributed by atoms with Gasteiger partial charge in [-0.3, -0.25) is 19.5 Å². The zero-order chi connectivity index (χ0) is 25.2. The summed E-state index contributed by atoms with van der Waals surface area (Å²) < 4.78 is 1.81. The summed E-state index contributed by atoms with van der Waals surface area (Å²) in [6.45, 7) is 4.74. The van der Waals surface area contributed by atoms with Gasteiger partial charge in [0.05, 0.1) is 18.0 Å². The van der Waals surface area contributed by atoms with Crippen LogP contribution in [0, 0.1) is 11.8 Å². The van der Waals surface area contributed by atoms with Gasteiger partial charge in [0.25, 0.3) is 5.56 Å². The van der Waals surface area contributed by atoms with E-state index in [1.807, 2.05) is 86.8 Å². The fraction of sp³-hybridized carbons (Fsp3) is 0.345. The number of nitrogens with zero attached hydrogens (tertiary/aromatic N) is 3. The second-order valence-corrected chi connectivity index (χ2v) is 9.69. The molecule has 2 aromatic heterocycles. The Balaban J connectivity index is 1.55. The zero-order valence-electron chi connectivity index (χ0n) is 20.6. The van der Waals surface area contributed by atoms with Crippen LogP contribution in [0.2, 0.25) is 0 Å². The summed E-state index contributed by atoms with van der Waals surface area (Å²) in [5, 5.41) is 13.7. The molecule has 7 heteroatoms. The maximum atomic E-state index is 13.8. The summed E-state index contributed by atoms with van der Waals surface area (Å²) in [6, 6.07) is 16.9. The van der Waals surface area contributed by atoms with E-state index in [0.717, 1.165) is 16.8 Å². The van der Waals surface area contributed by atoms with Crippen molar-refractivity contribution in [3.63, 3.8) is 0 Å². The lowest BCUT2D eigenvalue weighted by atomic mass is 9.86. The van der Waals surface area contributed by atoms with Crippen molar-refractivity contribution in [3.8, 4) is 0 Å². The average Bonchev–Trinajstić information content (AvgIpc) is 3.10. The number of amides is 1. The normalized spacial score (nSPS) is 24.0. The Morgan fingerprint density at radius 2 is 2.00 bits per heavy atom. The lowest BCUT2D eigenvalue weighted by Gasteiger charge is -2.38. The molecule has 2 aliphatic rings. The largest absolute Gasteiger partial charge is 0.396 e. The van der Waals surface area contributed by atoms with Crippen molar-refractivity contribution in [1.82, 2.24) is 19.8 Å². The van der Waals surface area contributed by atoms with Gasteiger partial charge in [-0.1, -0.05) is 48.6 Å². The lowest BCUT2D eigenvalue weighted by molar-refractivity contribution is -0.128. The van der Waals surface area contributed by atoms with Crippen molar-refractivity contribution in [2.24, 2.45) is 11.8 Å². The van der Waals surface area contributed by atoms with Gasteiger partial charge >= 0.3 is 0 Å². The molecule has 1 fully saturated rings. The van der Waals surface area contributed by atoms with Crippen molar-refractivity contribution < 1.29 is 9.90 Å². The number of hydrogen-bond donors (Lipinski definition) is 2. The highest BCUT2D eigenvalue weighted by Gasteiger charge is 2.55. The van der Waals surface area contributed by atoms with E-state index in [-0.39, 0.29) is 42.1 Å². The van der Waals surface area contributed by atoms with Gasteiger partial charge in [0.15, 0.2) is 0 Å². The number of pyridine rings is 2. The molecule has 0 spiro atoms. The van der Waals surface area contributed by atoms with Crippen LogP contribution >= 0.6 is 0 Å². The van der Waals surface area contributed by atoms with Crippen molar-refractivity contribution in [2.75, 3.05) is 6.61 Å². The molecule has 186 valence electrons. The van der Waals surface area contributed by atoms with Crippen LogP contribution in [0.5, 0.6) is 0 Å². The van der Waals surface area contributed by atoms with Crippen LogP contribution < -0.4 is 10.9 Å². The fourth-order valence-corrected chi connectivity index (χ4v) is 5.90. The molecule has 2 N–H and O–H groups in total. The SMILES string of the molecule is C/C=C/c1ccc2n(c1=O)C[C@@H]1[C@@H](CO)[C@H](C(=O)N[C@H](C)c3ccccc3)[C@H]2N1Cc1cccnc1. The van der Waals surface area contributed by atoms with Gasteiger partial charge in [-0.25, -0.2) is 0 Å². The molecule has 5 rings (SSSR count). The Morgan fingerprint density at radius 1 is 1.19 bits per heavy atom. The van der Waals surface area contributed by atoms with Crippen LogP contribution in [0.3, 0.4) is 0 Å². The van der Waals surface area contributed by atoms with Gasteiger partial charge < -0.3 is 15.0 Å². The van der Waals surface area contributed by atoms with Gasteiger partial charge in [-0.2, -0.15) is 0 Å². The van der Waals surface area contributed by atoms with Gasteiger partial charge in [-0.05, 0) is 43.2 Å². The molecule has 0 radical (unpaired) electrons. The van der Waals surface area contributed by atoms with Crippen LogP contribution in [0.15, 0.2) is 77.9 Å². The topological polar surface area (TPSA) is 87.5 Å². The minimum absolute atomic E-state index is 0.0583. The Kier molecular flexibility index (Phi) is 6.85. The molecule has 0 aliphatic carbocycles. The van der Waals surface area contributed by atoms with Crippen LogP contribution in [0.4, 0.5) is 0 Å². The number of carbonyl (C=O) groups excluding carboxylic acids is 1. The van der Waals surface area contributed by atoms with Crippen LogP contribution in [-0.2, 0) is 17.9 Å². The summed E-state index contributed by atoms with van der Waals surface area (Å²) in [5.41, 5.74) is 3.44. The molecule has 1 amide bonds. The van der Waals surface area contributed by atoms with E-state index in [0.29, 0.717) is 18.7 Å². The molecule has 1 aromatic carbocycles. The molecule has 1 saturated heterocycles. The molecule has 3 aromatic rings. The Hall–Kier alpha value is -3.55. The predicted molar refractivity (Wildman–Crippen MR) is 139 cm³/mol. The van der Waals surface area contributed by atoms with E-state index in [9.17, 15) is 14.7 Å². The van der Waals surface area contributed by atoms with Crippen LogP contribution in [0.1, 0.15) is 48.3 Å². The Bertz CT molecular complexity index is 1310. The molecule has 0 saturated carbocycles. The zero-order valence-corrected chi connectivity index (χ0v) is 20.6. The number of allylic oxidation sites excluding steroid dienone is 1. The van der Waals surface area contributed by atoms with Crippen molar-refractivity contribution >= 4 is 12.0 Å². The van der Waals surface area contributed by atoms with E-state index < -0.39 is 5.92 Å². The van der Waals surface area contributed by atoms with Crippen molar-refractivity contribution in [3.05, 3.63) is 106 Å². The molecule has 2 aliphatic heterocycles. The highest BCUT2D eigenvalue weighted by atomic mass is 16.3. The smallest absolute Gasteiger partial charge is 0.258 e. The van der Waals surface area contributed by atoms with E-state index in [4.69, 9.17) is 0 Å². The Labute approximate surface area is 211 Å². The highest BCUT2D eigenvalue weighted by Crippen LogP contribution is 2.49. The van der Waals surface area contributed by atoms with E-state index in [1.54, 1.807) is 10.8 Å². The quantitative estimate of drug-likeness (QED) is 0.537. The van der Waals surface area contributed by atoms with Crippen LogP contribution in [-0.4, -0.2) is 38.1 Å². The van der Waals surface area contributed by atoms with E-state index in [2.05, 4.69) is 15.2 Å². The fourth-order valence-electron chi connectivity index (χ4n) is 5.90. The summed E-state index contributed by atoms with van der Waals surface area (Å²) in [4.78, 5) is 33.7. The van der Waals surface area contributed by atoms with E-state index in [1.165, 1.54) is 0 Å². The Morgan fingerprint density at radius 3 is 2.69 bits per heavy atom. The molecule has 7 nitrogen and oxygen atoms in total. The first-order valence-electron chi connectivity index (χ1n) is 12.5. The van der Waals surface area contributed by atoms with Gasteiger partial charge in [0.2, 0.25) is 5.91 Å². The standard InChI is InChI=1S/C29H32N4O3/c1-3-8-22-12-13-24-27-26(28(35)31-19(2)21-10-5-4-6-11-21)23(18-34)25(17-33(24)29(22)36)32(27)16-20-9-7-14-30-15-20/h3-15,19,23,25-27,34H,16-18H2,1-2H3,(H,31,35)/b8-3+/t19-,23-,25-,26+,27+/m1/s1. The van der Waals surface area contributed by atoms with Crippen LogP contribution in [0.25, 0.3) is 6.08 Å². The van der Waals surface area contributed by atoms with Gasteiger partial charge in [0.1, 0.15) is 0 Å². The lowest BCUT2D eigenvalue weighted by Crippen LogP contribution is -2.46. The summed E-state index contributed by atoms with van der Waals surface area (Å²) in [7, 11) is 0. The number of rotatable bonds is 7. The number of aromatic nitrogens is 2. The van der Waals surface area contributed by atoms with Gasteiger partial charge in [-0.15, -0.1) is 0 Å². The number of fused-ring (bicyclic) bond motifs is 4. The third-order valence-corrected chi connectivity index (χ3v) is 7.60. The second-order valence-electron chi connectivity index (χ2n) is 9.69. The van der Waals surface area contributed by atoms with Crippen molar-refractivity contribution in [2.45, 2.75) is 45.1 Å². The highest BCUT2D eigenvalue weighted by molar-refractivity contribution is 5.81. The number of benzene rings is 1. The van der Waals surface area contributed by atoms with Crippen molar-refractivity contribution in [1.29, 1.82) is 0 Å². The second kappa shape index (κ2) is 10.2. The summed E-state index contributed by atoms with van der Waals surface area (Å²) >= 11 is 0. The third kappa shape index (κ3) is 4.29. The number of carbonyl (C=O) groups is 1. The molecular weight excluding hydrogens is 452 g/mol. The monoisotopic (exact) mass is 484 g/mol. The first-order valence-corrected chi connectivity index (χ1v) is 12.5. The average molecular weight is 485 g/mol. The first-order chi connectivity index (χ1) is 17.5. The maximum absolute atomic E-state index is 13.8. The summed E-state index contributed by atoms with van der Waals surface area (Å²) in [5.74, 6) is -0.907. The molecule has 0 unspecified atom stereocenters. The maximum Gasteiger partial charge on any atom is 0.258 e. The molecule has 4 heterocycles. The minimum Gasteiger partial charge on any atom is -0.396 e. The minimum atomic E-state index is -0.497. The van der Waals surface area contributed by atoms with Gasteiger partial charge in [0, 0.05) is 55.3 Å². The summed E-state index contributed by atoms with van der Waals surface area (Å²) in [6.07, 6.45) is 7.24. The molecule has 2 bridgehead atoms. The third-order valence-electron chi connectivity index (χ3n) is 7.60. The molecular formula is C29H32N4O3. The number of nitrogens with one attached hydrogen (secondary N) is 1. The van der Waals surface area contributed by atoms with E-state index >= 15 is 0 Å². The molecule has 5 atom stereocenters. The molecule has 36 heavy (non-hydrogen) atoms. The predicted octanol–water partition coefficient (Wildman–Crippen LogP) is 3.32. The first kappa shape index (κ1) is 24.2.